The van der Waals surface area contributed by atoms with E-state index in [0.717, 1.165) is 18.9 Å². The van der Waals surface area contributed by atoms with Crippen LogP contribution in [0.2, 0.25) is 0 Å². The van der Waals surface area contributed by atoms with Gasteiger partial charge in [0.05, 0.1) is 11.4 Å². The molecule has 0 atom stereocenters. The van der Waals surface area contributed by atoms with Gasteiger partial charge in [-0.3, -0.25) is 5.01 Å². The zero-order valence-electron chi connectivity index (χ0n) is 15.8. The minimum Gasteiger partial charge on any atom is -0.470 e. The van der Waals surface area contributed by atoms with E-state index in [-0.39, 0.29) is 12.2 Å². The van der Waals surface area contributed by atoms with Gasteiger partial charge in [-0.15, -0.1) is 10.2 Å². The molecule has 2 aromatic rings. The van der Waals surface area contributed by atoms with Crippen molar-refractivity contribution in [1.82, 2.24) is 10.2 Å². The number of hydrogen-bond donors (Lipinski definition) is 2. The molecular formula is C19H24F2N6O. The molecule has 4 N–H and O–H groups in total. The molecule has 2 heterocycles. The number of alkyl halides is 2. The van der Waals surface area contributed by atoms with Crippen molar-refractivity contribution in [3.05, 3.63) is 53.4 Å². The first-order chi connectivity index (χ1) is 13.3. The number of halogens is 2. The lowest BCUT2D eigenvalue weighted by Gasteiger charge is -2.37. The molecule has 150 valence electrons. The monoisotopic (exact) mass is 390 g/mol. The molecule has 1 aliphatic rings. The number of nitrogens with two attached hydrogens (primary N) is 2. The van der Waals surface area contributed by atoms with Gasteiger partial charge < -0.3 is 15.4 Å². The summed E-state index contributed by atoms with van der Waals surface area (Å²) in [6, 6.07) is 9.26. The molecule has 1 aromatic heterocycles. The Labute approximate surface area is 162 Å². The van der Waals surface area contributed by atoms with Gasteiger partial charge in [0.25, 0.3) is 6.43 Å². The fourth-order valence-corrected chi connectivity index (χ4v) is 2.90. The van der Waals surface area contributed by atoms with E-state index in [2.05, 4.69) is 22.0 Å². The summed E-state index contributed by atoms with van der Waals surface area (Å²) in [5.74, 6) is 7.95. The summed E-state index contributed by atoms with van der Waals surface area (Å²) in [6.45, 7) is 5.88. The first kappa shape index (κ1) is 19.8. The molecule has 0 unspecified atom stereocenters. The second-order valence-corrected chi connectivity index (χ2v) is 6.92. The first-order valence-corrected chi connectivity index (χ1v) is 8.94. The Bertz CT molecular complexity index is 815. The van der Waals surface area contributed by atoms with Crippen molar-refractivity contribution in [3.8, 4) is 5.88 Å². The predicted molar refractivity (Wildman–Crippen MR) is 104 cm³/mol. The lowest BCUT2D eigenvalue weighted by molar-refractivity contribution is 0.151. The largest absolute Gasteiger partial charge is 0.470 e. The summed E-state index contributed by atoms with van der Waals surface area (Å²) in [5.41, 5.74) is 7.31. The Hall–Kier alpha value is -2.94. The average Bonchev–Trinajstić information content (AvgIpc) is 2.66. The van der Waals surface area contributed by atoms with Gasteiger partial charge in [0, 0.05) is 30.4 Å². The zero-order valence-corrected chi connectivity index (χ0v) is 15.8. The van der Waals surface area contributed by atoms with Crippen LogP contribution in [0.1, 0.15) is 25.8 Å². The van der Waals surface area contributed by atoms with Crippen LogP contribution in [0, 0.1) is 5.92 Å². The molecule has 3 rings (SSSR count). The second-order valence-electron chi connectivity index (χ2n) is 6.92. The highest BCUT2D eigenvalue weighted by molar-refractivity contribution is 5.52. The zero-order chi connectivity index (χ0) is 20.3. The normalized spacial score (nSPS) is 15.3. The van der Waals surface area contributed by atoms with Gasteiger partial charge in [0.2, 0.25) is 5.88 Å². The van der Waals surface area contributed by atoms with E-state index < -0.39 is 6.43 Å². The topological polar surface area (TPSA) is 93.5 Å². The van der Waals surface area contributed by atoms with Crippen LogP contribution in [0.15, 0.2) is 47.8 Å². The number of ether oxygens (including phenoxy) is 1. The lowest BCUT2D eigenvalue weighted by Crippen LogP contribution is -2.45. The fraction of sp³-hybridized carbons (Fsp3) is 0.368. The highest BCUT2D eigenvalue weighted by Gasteiger charge is 2.24. The van der Waals surface area contributed by atoms with E-state index in [1.54, 1.807) is 13.0 Å². The average molecular weight is 390 g/mol. The van der Waals surface area contributed by atoms with E-state index in [0.29, 0.717) is 28.9 Å². The molecule has 1 aliphatic heterocycles. The Morgan fingerprint density at radius 3 is 2.39 bits per heavy atom. The molecule has 1 aromatic carbocycles. The van der Waals surface area contributed by atoms with Crippen LogP contribution in [0.5, 0.6) is 5.88 Å². The second kappa shape index (κ2) is 8.39. The van der Waals surface area contributed by atoms with Gasteiger partial charge in [-0.1, -0.05) is 19.1 Å². The Morgan fingerprint density at radius 2 is 1.89 bits per heavy atom. The third-order valence-corrected chi connectivity index (χ3v) is 4.54. The molecular weight excluding hydrogens is 366 g/mol. The number of rotatable bonds is 7. The highest BCUT2D eigenvalue weighted by atomic mass is 19.3. The lowest BCUT2D eigenvalue weighted by atomic mass is 10.0. The van der Waals surface area contributed by atoms with Crippen LogP contribution >= 0.6 is 0 Å². The Balaban J connectivity index is 1.64. The third kappa shape index (κ3) is 4.48. The highest BCUT2D eigenvalue weighted by Crippen LogP contribution is 2.24. The standard InChI is InChI=1S/C19H24F2N6O/c1-12-9-26(10-12)17-7-8-18(25-24-17)28-11-16(13(2)22)27(23)15-5-3-14(4-6-15)19(20)21/h3-8,12,19H,9-11,22-23H2,1-2H3/b16-13-. The van der Waals surface area contributed by atoms with Gasteiger partial charge in [-0.25, -0.2) is 14.6 Å². The van der Waals surface area contributed by atoms with E-state index in [9.17, 15) is 8.78 Å². The van der Waals surface area contributed by atoms with E-state index in [1.165, 1.54) is 29.3 Å². The van der Waals surface area contributed by atoms with Gasteiger partial charge in [-0.2, -0.15) is 0 Å². The van der Waals surface area contributed by atoms with Gasteiger partial charge in [0.15, 0.2) is 5.82 Å². The van der Waals surface area contributed by atoms with Crippen molar-refractivity contribution >= 4 is 11.5 Å². The maximum absolute atomic E-state index is 12.7. The third-order valence-electron chi connectivity index (χ3n) is 4.54. The van der Waals surface area contributed by atoms with Crippen molar-refractivity contribution in [2.45, 2.75) is 20.3 Å². The summed E-state index contributed by atoms with van der Waals surface area (Å²) < 4.78 is 31.1. The number of benzene rings is 1. The Kier molecular flexibility index (Phi) is 5.93. The maximum atomic E-state index is 12.7. The molecule has 1 saturated heterocycles. The number of hydrogen-bond acceptors (Lipinski definition) is 7. The van der Waals surface area contributed by atoms with Gasteiger partial charge in [-0.05, 0) is 31.0 Å². The molecule has 28 heavy (non-hydrogen) atoms. The molecule has 0 amide bonds. The fourth-order valence-electron chi connectivity index (χ4n) is 2.90. The summed E-state index contributed by atoms with van der Waals surface area (Å²) in [7, 11) is 0. The quantitative estimate of drug-likeness (QED) is 0.555. The summed E-state index contributed by atoms with van der Waals surface area (Å²) in [5, 5.41) is 9.57. The number of hydrazine groups is 1. The van der Waals surface area contributed by atoms with Crippen molar-refractivity contribution in [2.75, 3.05) is 29.6 Å². The summed E-state index contributed by atoms with van der Waals surface area (Å²) in [6.07, 6.45) is -2.53. The van der Waals surface area contributed by atoms with Crippen LogP contribution in [0.4, 0.5) is 20.3 Å². The number of aromatic nitrogens is 2. The molecule has 0 aliphatic carbocycles. The molecule has 9 heteroatoms. The predicted octanol–water partition coefficient (Wildman–Crippen LogP) is 2.82. The minimum absolute atomic E-state index is 0.0597. The van der Waals surface area contributed by atoms with Crippen LogP contribution in [-0.2, 0) is 0 Å². The smallest absolute Gasteiger partial charge is 0.263 e. The number of anilines is 2. The van der Waals surface area contributed by atoms with Crippen molar-refractivity contribution in [1.29, 1.82) is 0 Å². The van der Waals surface area contributed by atoms with Gasteiger partial charge >= 0.3 is 0 Å². The van der Waals surface area contributed by atoms with Crippen LogP contribution in [0.25, 0.3) is 0 Å². The van der Waals surface area contributed by atoms with Gasteiger partial charge in [0.1, 0.15) is 6.61 Å². The van der Waals surface area contributed by atoms with Crippen molar-refractivity contribution in [2.24, 2.45) is 17.5 Å². The van der Waals surface area contributed by atoms with Crippen molar-refractivity contribution < 1.29 is 13.5 Å². The number of allylic oxidation sites excluding steroid dienone is 1. The van der Waals surface area contributed by atoms with Crippen LogP contribution < -0.4 is 26.2 Å². The molecule has 0 bridgehead atoms. The SMILES string of the molecule is C/C(N)=C(\COc1ccc(N2CC(C)C2)nn1)N(N)c1ccc(C(F)F)cc1. The molecule has 0 spiro atoms. The van der Waals surface area contributed by atoms with Crippen molar-refractivity contribution in [3.63, 3.8) is 0 Å². The maximum Gasteiger partial charge on any atom is 0.263 e. The molecule has 0 saturated carbocycles. The minimum atomic E-state index is -2.53. The van der Waals surface area contributed by atoms with Crippen LogP contribution in [-0.4, -0.2) is 29.9 Å². The Morgan fingerprint density at radius 1 is 1.21 bits per heavy atom. The van der Waals surface area contributed by atoms with Crippen LogP contribution in [0.3, 0.4) is 0 Å². The molecule has 1 fully saturated rings. The van der Waals surface area contributed by atoms with E-state index >= 15 is 0 Å². The molecule has 7 nitrogen and oxygen atoms in total. The molecule has 0 radical (unpaired) electrons. The number of nitrogens with zero attached hydrogens (tertiary/aromatic N) is 4. The van der Waals surface area contributed by atoms with E-state index in [4.69, 9.17) is 16.3 Å². The van der Waals surface area contributed by atoms with E-state index in [1.807, 2.05) is 6.07 Å². The summed E-state index contributed by atoms with van der Waals surface area (Å²) >= 11 is 0. The summed E-state index contributed by atoms with van der Waals surface area (Å²) in [4.78, 5) is 2.14. The first-order valence-electron chi connectivity index (χ1n) is 8.94.